The molecule has 1 aromatic rings. The molecule has 0 saturated carbocycles. The summed E-state index contributed by atoms with van der Waals surface area (Å²) in [6, 6.07) is 9.08. The number of ether oxygens (including phenoxy) is 2. The third-order valence-electron chi connectivity index (χ3n) is 2.67. The molecular formula is C11H10O5. The molecule has 0 aliphatic carbocycles. The van der Waals surface area contributed by atoms with Gasteiger partial charge in [-0.1, -0.05) is 30.3 Å². The van der Waals surface area contributed by atoms with E-state index in [0.717, 1.165) is 0 Å². The number of hydrogen-bond donors (Lipinski definition) is 0. The van der Waals surface area contributed by atoms with E-state index in [1.807, 2.05) is 18.2 Å². The molecule has 5 nitrogen and oxygen atoms in total. The van der Waals surface area contributed by atoms with E-state index < -0.39 is 11.8 Å². The van der Waals surface area contributed by atoms with E-state index in [0.29, 0.717) is 5.56 Å². The molecule has 3 rings (SSSR count). The third-order valence-corrected chi connectivity index (χ3v) is 2.67. The SMILES string of the molecule is CC12OOC(c3ccccc3)(OCC1=O)O2. The van der Waals surface area contributed by atoms with Gasteiger partial charge in [-0.25, -0.2) is 0 Å². The molecule has 0 amide bonds. The van der Waals surface area contributed by atoms with E-state index in [1.54, 1.807) is 12.1 Å². The molecule has 84 valence electrons. The van der Waals surface area contributed by atoms with Gasteiger partial charge in [0.2, 0.25) is 5.78 Å². The summed E-state index contributed by atoms with van der Waals surface area (Å²) in [5.74, 6) is -3.07. The number of benzene rings is 1. The minimum absolute atomic E-state index is 0.0919. The van der Waals surface area contributed by atoms with Crippen LogP contribution in [0.15, 0.2) is 30.3 Å². The van der Waals surface area contributed by atoms with Gasteiger partial charge in [0, 0.05) is 12.5 Å². The van der Waals surface area contributed by atoms with Crippen LogP contribution in [0, 0.1) is 0 Å². The zero-order valence-electron chi connectivity index (χ0n) is 8.64. The van der Waals surface area contributed by atoms with Crippen molar-refractivity contribution in [2.24, 2.45) is 0 Å². The van der Waals surface area contributed by atoms with E-state index in [-0.39, 0.29) is 12.4 Å². The minimum Gasteiger partial charge on any atom is -0.313 e. The Morgan fingerprint density at radius 3 is 2.69 bits per heavy atom. The van der Waals surface area contributed by atoms with Crippen molar-refractivity contribution in [2.45, 2.75) is 18.7 Å². The van der Waals surface area contributed by atoms with Gasteiger partial charge in [-0.2, -0.15) is 9.78 Å². The summed E-state index contributed by atoms with van der Waals surface area (Å²) < 4.78 is 10.8. The molecule has 2 fully saturated rings. The lowest BCUT2D eigenvalue weighted by molar-refractivity contribution is -0.420. The predicted octanol–water partition coefficient (Wildman–Crippen LogP) is 1.09. The standard InChI is InChI=1S/C11H10O5/c1-10-9(12)7-13-11(14-10,16-15-10)8-5-3-2-4-6-8/h2-6H,7H2,1H3. The lowest BCUT2D eigenvalue weighted by atomic mass is 10.1. The molecule has 0 radical (unpaired) electrons. The fourth-order valence-corrected chi connectivity index (χ4v) is 1.71. The van der Waals surface area contributed by atoms with Gasteiger partial charge in [-0.15, -0.1) is 0 Å². The topological polar surface area (TPSA) is 54.0 Å². The molecule has 2 unspecified atom stereocenters. The van der Waals surface area contributed by atoms with Crippen molar-refractivity contribution < 1.29 is 24.0 Å². The first-order chi connectivity index (χ1) is 7.65. The first kappa shape index (κ1) is 9.92. The molecular weight excluding hydrogens is 212 g/mol. The maximum absolute atomic E-state index is 11.5. The molecule has 16 heavy (non-hydrogen) atoms. The number of hydrogen-bond acceptors (Lipinski definition) is 5. The summed E-state index contributed by atoms with van der Waals surface area (Å²) >= 11 is 0. The van der Waals surface area contributed by atoms with Crippen molar-refractivity contribution in [2.75, 3.05) is 6.61 Å². The molecule has 0 aromatic heterocycles. The van der Waals surface area contributed by atoms with Gasteiger partial charge in [0.05, 0.1) is 0 Å². The Morgan fingerprint density at radius 2 is 1.94 bits per heavy atom. The van der Waals surface area contributed by atoms with E-state index in [2.05, 4.69) is 0 Å². The number of ketones is 1. The fourth-order valence-electron chi connectivity index (χ4n) is 1.71. The van der Waals surface area contributed by atoms with Crippen LogP contribution in [-0.4, -0.2) is 18.2 Å². The Hall–Kier alpha value is -1.27. The van der Waals surface area contributed by atoms with Crippen LogP contribution in [0.2, 0.25) is 0 Å². The first-order valence-corrected chi connectivity index (χ1v) is 4.94. The van der Waals surface area contributed by atoms with Crippen molar-refractivity contribution in [1.29, 1.82) is 0 Å². The summed E-state index contributed by atoms with van der Waals surface area (Å²) in [5.41, 5.74) is 0.659. The summed E-state index contributed by atoms with van der Waals surface area (Å²) in [7, 11) is 0. The van der Waals surface area contributed by atoms with Crippen LogP contribution < -0.4 is 0 Å². The van der Waals surface area contributed by atoms with Crippen LogP contribution in [0.4, 0.5) is 0 Å². The second-order valence-electron chi connectivity index (χ2n) is 3.85. The van der Waals surface area contributed by atoms with Gasteiger partial charge in [0.1, 0.15) is 6.61 Å². The largest absolute Gasteiger partial charge is 0.343 e. The molecule has 5 heteroatoms. The van der Waals surface area contributed by atoms with Crippen LogP contribution >= 0.6 is 0 Å². The van der Waals surface area contributed by atoms with Crippen LogP contribution in [-0.2, 0) is 30.0 Å². The summed E-state index contributed by atoms with van der Waals surface area (Å²) in [5, 5.41) is 0. The molecule has 2 aliphatic rings. The van der Waals surface area contributed by atoms with E-state index >= 15 is 0 Å². The highest BCUT2D eigenvalue weighted by molar-refractivity contribution is 5.87. The lowest BCUT2D eigenvalue weighted by Gasteiger charge is -2.31. The molecule has 2 aliphatic heterocycles. The highest BCUT2D eigenvalue weighted by Gasteiger charge is 2.60. The normalized spacial score (nSPS) is 37.7. The van der Waals surface area contributed by atoms with Crippen molar-refractivity contribution in [3.63, 3.8) is 0 Å². The maximum atomic E-state index is 11.5. The molecule has 2 atom stereocenters. The first-order valence-electron chi connectivity index (χ1n) is 4.94. The highest BCUT2D eigenvalue weighted by Crippen LogP contribution is 2.44. The summed E-state index contributed by atoms with van der Waals surface area (Å²) in [6.45, 7) is 1.42. The number of fused-ring (bicyclic) bond motifs is 2. The van der Waals surface area contributed by atoms with Gasteiger partial charge >= 0.3 is 5.97 Å². The van der Waals surface area contributed by atoms with E-state index in [1.165, 1.54) is 6.92 Å². The minimum atomic E-state index is -1.41. The number of Topliss-reactive ketones (excluding diaryl/α,β-unsaturated/α-hetero) is 1. The van der Waals surface area contributed by atoms with Crippen LogP contribution in [0.5, 0.6) is 0 Å². The molecule has 0 spiro atoms. The highest BCUT2D eigenvalue weighted by atomic mass is 17.3. The molecule has 1 aromatic carbocycles. The summed E-state index contributed by atoms with van der Waals surface area (Å²) in [4.78, 5) is 21.5. The number of rotatable bonds is 1. The van der Waals surface area contributed by atoms with Crippen molar-refractivity contribution in [1.82, 2.24) is 0 Å². The molecule has 0 N–H and O–H groups in total. The second kappa shape index (κ2) is 3.11. The van der Waals surface area contributed by atoms with Crippen molar-refractivity contribution in [3.8, 4) is 0 Å². The molecule has 2 saturated heterocycles. The van der Waals surface area contributed by atoms with E-state index in [9.17, 15) is 4.79 Å². The number of carbonyl (C=O) groups is 1. The van der Waals surface area contributed by atoms with Crippen molar-refractivity contribution >= 4 is 5.78 Å². The zero-order valence-corrected chi connectivity index (χ0v) is 8.64. The Labute approximate surface area is 91.8 Å². The van der Waals surface area contributed by atoms with Gasteiger partial charge in [-0.05, 0) is 0 Å². The Bertz CT molecular complexity index is 431. The predicted molar refractivity (Wildman–Crippen MR) is 50.7 cm³/mol. The number of carbonyl (C=O) groups excluding carboxylic acids is 1. The van der Waals surface area contributed by atoms with Gasteiger partial charge in [0.15, 0.2) is 0 Å². The van der Waals surface area contributed by atoms with Crippen molar-refractivity contribution in [3.05, 3.63) is 35.9 Å². The second-order valence-corrected chi connectivity index (χ2v) is 3.85. The van der Waals surface area contributed by atoms with Gasteiger partial charge < -0.3 is 4.74 Å². The summed E-state index contributed by atoms with van der Waals surface area (Å²) in [6.07, 6.45) is 0. The van der Waals surface area contributed by atoms with Gasteiger partial charge in [0.25, 0.3) is 5.79 Å². The van der Waals surface area contributed by atoms with Crippen LogP contribution in [0.1, 0.15) is 12.5 Å². The molecule has 2 heterocycles. The van der Waals surface area contributed by atoms with Gasteiger partial charge in [-0.3, -0.25) is 9.53 Å². The monoisotopic (exact) mass is 222 g/mol. The lowest BCUT2D eigenvalue weighted by Crippen LogP contribution is -2.48. The molecule has 2 bridgehead atoms. The zero-order chi connectivity index (χ0) is 11.2. The van der Waals surface area contributed by atoms with Crippen LogP contribution in [0.25, 0.3) is 0 Å². The van der Waals surface area contributed by atoms with E-state index in [4.69, 9.17) is 19.2 Å². The average Bonchev–Trinajstić information content (AvgIpc) is 2.62. The Balaban J connectivity index is 2.01. The Kier molecular flexibility index (Phi) is 1.93. The third kappa shape index (κ3) is 1.23. The quantitative estimate of drug-likeness (QED) is 0.666. The van der Waals surface area contributed by atoms with Crippen LogP contribution in [0.3, 0.4) is 0 Å². The maximum Gasteiger partial charge on any atom is 0.343 e. The smallest absolute Gasteiger partial charge is 0.313 e. The average molecular weight is 222 g/mol. The Morgan fingerprint density at radius 1 is 1.19 bits per heavy atom. The fraction of sp³-hybridized carbons (Fsp3) is 0.364.